The van der Waals surface area contributed by atoms with E-state index in [1.807, 2.05) is 6.26 Å². The largest absolute Gasteiger partial charge is 0.508 e. The Hall–Kier alpha value is -9.77. The second-order valence-electron chi connectivity index (χ2n) is 23.3. The SMILES string of the molecule is CC[C@H](C)[C@H](NC(=O)[C@H](Cc1ccc(O)cc1)NC(=O)[C@@H](N)CCSC)C(=O)N[C@@H](C)C(=O)N[C@@H](Cc1ccc(O)cc1)C(=O)N[C@@H](Cc1ccc(O)cc1)C(=O)N[C@@H](CC(C)C)C(=O)N[C@@H](CCC(=O)O)C(=O)N[C@@H](CC(N)=O)C(=O)N[C@@H](Cc1ccccc1)C(=O)O. The van der Waals surface area contributed by atoms with Crippen molar-refractivity contribution in [2.24, 2.45) is 23.3 Å². The minimum Gasteiger partial charge on any atom is -0.508 e. The Kier molecular flexibility index (Phi) is 31.2. The average Bonchev–Trinajstić information content (AvgIpc) is 0.905. The van der Waals surface area contributed by atoms with Gasteiger partial charge >= 0.3 is 11.9 Å². The molecule has 4 aromatic rings. The summed E-state index contributed by atoms with van der Waals surface area (Å²) in [5.74, 6) is -13.1. The van der Waals surface area contributed by atoms with Gasteiger partial charge in [0.05, 0.1) is 12.5 Å². The van der Waals surface area contributed by atoms with Gasteiger partial charge in [-0.05, 0) is 109 Å². The fourth-order valence-electron chi connectivity index (χ4n) is 9.57. The molecule has 28 nitrogen and oxygen atoms in total. The van der Waals surface area contributed by atoms with Crippen LogP contribution in [0.3, 0.4) is 0 Å². The summed E-state index contributed by atoms with van der Waals surface area (Å²) in [4.78, 5) is 164. The normalized spacial score (nSPS) is 14.6. The first kappa shape index (κ1) is 76.7. The third-order valence-corrected chi connectivity index (χ3v) is 15.7. The van der Waals surface area contributed by atoms with Crippen molar-refractivity contribution in [3.63, 3.8) is 0 Å². The zero-order chi connectivity index (χ0) is 69.8. The number of phenolic OH excluding ortho intramolecular Hbond substituents is 3. The standard InChI is InChI=1S/C65H87N11O17S/c1-7-36(4)55(76-63(90)50(32-41-17-23-44(79)24-18-41)71-57(84)45(66)27-28-94-6)64(91)68-37(5)56(83)70-48(30-39-13-19-42(77)20-14-39)60(87)73-49(31-40-15-21-43(78)22-16-40)61(88)72-47(29-35(2)3)59(86)69-46(25-26-54(81)82)58(85)74-51(34-53(67)80)62(89)75-52(65(92)93)33-38-11-9-8-10-12-38/h8-24,35-37,45-52,55,77-79H,7,25-34,66H2,1-6H3,(H2,67,80)(H,68,91)(H,69,86)(H,70,83)(H,71,84)(H,72,88)(H,73,87)(H,74,85)(H,75,89)(H,76,90)(H,81,82)(H,92,93)/t36-,37-,45-,46-,47-,48-,49-,50-,51-,52-,55-/m0/s1. The lowest BCUT2D eigenvalue weighted by atomic mass is 9.96. The second kappa shape index (κ2) is 38.3. The van der Waals surface area contributed by atoms with Gasteiger partial charge < -0.3 is 84.9 Å². The number of nitrogens with two attached hydrogens (primary N) is 2. The summed E-state index contributed by atoms with van der Waals surface area (Å²) in [6.07, 6.45) is -0.649. The predicted octanol–water partition coefficient (Wildman–Crippen LogP) is 0.454. The van der Waals surface area contributed by atoms with Gasteiger partial charge in [-0.15, -0.1) is 0 Å². The van der Waals surface area contributed by atoms with Crippen molar-refractivity contribution in [2.45, 2.75) is 159 Å². The van der Waals surface area contributed by atoms with E-state index in [1.165, 1.54) is 79.3 Å². The van der Waals surface area contributed by atoms with Crippen LogP contribution in [0.25, 0.3) is 0 Å². The van der Waals surface area contributed by atoms with Gasteiger partial charge in [-0.1, -0.05) is 101 Å². The molecule has 0 spiro atoms. The number of aromatic hydroxyl groups is 3. The smallest absolute Gasteiger partial charge is 0.326 e. The van der Waals surface area contributed by atoms with Crippen LogP contribution >= 0.6 is 11.8 Å². The lowest BCUT2D eigenvalue weighted by molar-refractivity contribution is -0.142. The Bertz CT molecular complexity index is 3230. The maximum Gasteiger partial charge on any atom is 0.326 e. The van der Waals surface area contributed by atoms with E-state index in [0.717, 1.165) is 0 Å². The van der Waals surface area contributed by atoms with Gasteiger partial charge in [-0.25, -0.2) is 4.79 Å². The van der Waals surface area contributed by atoms with E-state index in [9.17, 15) is 83.1 Å². The van der Waals surface area contributed by atoms with Gasteiger partial charge in [0, 0.05) is 32.1 Å². The van der Waals surface area contributed by atoms with E-state index in [1.54, 1.807) is 70.2 Å². The number of carbonyl (C=O) groups excluding carboxylic acids is 10. The zero-order valence-electron chi connectivity index (χ0n) is 53.2. The number of rotatable bonds is 39. The van der Waals surface area contributed by atoms with Crippen LogP contribution in [-0.2, 0) is 83.2 Å². The van der Waals surface area contributed by atoms with Crippen LogP contribution in [-0.4, -0.2) is 169 Å². The number of carboxylic acids is 2. The van der Waals surface area contributed by atoms with Crippen LogP contribution in [0, 0.1) is 11.8 Å². The number of benzene rings is 4. The van der Waals surface area contributed by atoms with E-state index in [-0.39, 0.29) is 55.3 Å². The minimum atomic E-state index is -1.82. The Morgan fingerprint density at radius 2 is 0.830 bits per heavy atom. The number of hydrogen-bond acceptors (Lipinski definition) is 17. The Balaban J connectivity index is 1.63. The molecule has 0 aliphatic carbocycles. The number of phenols is 3. The number of amides is 10. The van der Waals surface area contributed by atoms with Crippen molar-refractivity contribution in [3.8, 4) is 17.2 Å². The Morgan fingerprint density at radius 3 is 1.28 bits per heavy atom. The first-order chi connectivity index (χ1) is 44.5. The number of carboxylic acid groups (broad SMARTS) is 2. The third-order valence-electron chi connectivity index (χ3n) is 15.1. The van der Waals surface area contributed by atoms with Crippen molar-refractivity contribution in [1.29, 1.82) is 0 Å². The molecule has 94 heavy (non-hydrogen) atoms. The van der Waals surface area contributed by atoms with Gasteiger partial charge in [0.1, 0.15) is 71.6 Å². The molecule has 0 saturated carbocycles. The van der Waals surface area contributed by atoms with E-state index in [0.29, 0.717) is 40.8 Å². The summed E-state index contributed by atoms with van der Waals surface area (Å²) in [7, 11) is 0. The number of carbonyl (C=O) groups is 12. The quantitative estimate of drug-likeness (QED) is 0.0288. The Morgan fingerprint density at radius 1 is 0.447 bits per heavy atom. The number of hydrogen-bond donors (Lipinski definition) is 16. The highest BCUT2D eigenvalue weighted by molar-refractivity contribution is 7.98. The van der Waals surface area contributed by atoms with Crippen molar-refractivity contribution in [2.75, 3.05) is 12.0 Å². The molecule has 18 N–H and O–H groups in total. The highest BCUT2D eigenvalue weighted by atomic mass is 32.2. The van der Waals surface area contributed by atoms with Crippen LogP contribution in [0.15, 0.2) is 103 Å². The molecular formula is C65H87N11O17S. The van der Waals surface area contributed by atoms with Crippen LogP contribution in [0.2, 0.25) is 0 Å². The number of nitrogens with one attached hydrogen (secondary N) is 9. The number of thioether (sulfide) groups is 1. The highest BCUT2D eigenvalue weighted by Crippen LogP contribution is 2.18. The average molecular weight is 1330 g/mol. The van der Waals surface area contributed by atoms with Crippen molar-refractivity contribution < 1.29 is 83.1 Å². The molecule has 4 rings (SSSR count). The number of primary amides is 1. The molecule has 10 amide bonds. The maximum absolute atomic E-state index is 14.8. The fraction of sp³-hybridized carbons (Fsp3) is 0.446. The predicted molar refractivity (Wildman–Crippen MR) is 347 cm³/mol. The second-order valence-corrected chi connectivity index (χ2v) is 24.3. The lowest BCUT2D eigenvalue weighted by Gasteiger charge is -2.29. The Labute approximate surface area is 548 Å². The molecule has 0 bridgehead atoms. The molecule has 0 fully saturated rings. The lowest BCUT2D eigenvalue weighted by Crippen LogP contribution is -2.61. The van der Waals surface area contributed by atoms with Crippen molar-refractivity contribution >= 4 is 82.8 Å². The summed E-state index contributed by atoms with van der Waals surface area (Å²) in [6.45, 7) is 8.15. The molecule has 0 unspecified atom stereocenters. The molecule has 0 heterocycles. The summed E-state index contributed by atoms with van der Waals surface area (Å²) in [5.41, 5.74) is 13.4. The van der Waals surface area contributed by atoms with Gasteiger partial charge in [-0.3, -0.25) is 52.7 Å². The monoisotopic (exact) mass is 1330 g/mol. The topological polar surface area (TPSA) is 466 Å². The summed E-state index contributed by atoms with van der Waals surface area (Å²) in [5, 5.41) is 72.7. The van der Waals surface area contributed by atoms with Gasteiger partial charge in [-0.2, -0.15) is 11.8 Å². The summed E-state index contributed by atoms with van der Waals surface area (Å²) < 4.78 is 0. The molecule has 0 aliphatic heterocycles. The summed E-state index contributed by atoms with van der Waals surface area (Å²) in [6, 6.07) is 10.6. The van der Waals surface area contributed by atoms with E-state index in [2.05, 4.69) is 47.9 Å². The molecular weight excluding hydrogens is 1240 g/mol. The summed E-state index contributed by atoms with van der Waals surface area (Å²) >= 11 is 1.48. The zero-order valence-corrected chi connectivity index (χ0v) is 54.0. The molecule has 29 heteroatoms. The van der Waals surface area contributed by atoms with Gasteiger partial charge in [0.25, 0.3) is 0 Å². The van der Waals surface area contributed by atoms with Crippen molar-refractivity contribution in [1.82, 2.24) is 47.9 Å². The number of aliphatic carboxylic acids is 2. The molecule has 0 saturated heterocycles. The molecule has 0 radical (unpaired) electrons. The highest BCUT2D eigenvalue weighted by Gasteiger charge is 2.37. The molecule has 4 aromatic carbocycles. The van der Waals surface area contributed by atoms with Crippen LogP contribution in [0.4, 0.5) is 0 Å². The minimum absolute atomic E-state index is 0.0326. The van der Waals surface area contributed by atoms with Gasteiger partial charge in [0.2, 0.25) is 59.1 Å². The molecule has 510 valence electrons. The first-order valence-corrected chi connectivity index (χ1v) is 31.9. The van der Waals surface area contributed by atoms with E-state index >= 15 is 0 Å². The maximum atomic E-state index is 14.8. The molecule has 0 aliphatic rings. The molecule has 0 aromatic heterocycles. The van der Waals surface area contributed by atoms with Crippen LogP contribution in [0.5, 0.6) is 17.2 Å². The van der Waals surface area contributed by atoms with Gasteiger partial charge in [0.15, 0.2) is 0 Å². The fourth-order valence-corrected chi connectivity index (χ4v) is 10.1. The third kappa shape index (κ3) is 26.4. The van der Waals surface area contributed by atoms with Crippen LogP contribution in [0.1, 0.15) is 95.4 Å². The first-order valence-electron chi connectivity index (χ1n) is 30.5. The van der Waals surface area contributed by atoms with Crippen LogP contribution < -0.4 is 59.3 Å². The van der Waals surface area contributed by atoms with E-state index in [4.69, 9.17) is 11.5 Å². The van der Waals surface area contributed by atoms with E-state index < -0.39 is 157 Å². The van der Waals surface area contributed by atoms with Crippen molar-refractivity contribution in [3.05, 3.63) is 125 Å². The molecule has 11 atom stereocenters.